The smallest absolute Gasteiger partial charge is 0.251 e. The van der Waals surface area contributed by atoms with Crippen molar-refractivity contribution in [3.05, 3.63) is 83.4 Å². The number of nitrogens with two attached hydrogens (primary N) is 1. The molecule has 2 aliphatic rings. The third-order valence-corrected chi connectivity index (χ3v) is 9.81. The molecule has 50 heavy (non-hydrogen) atoms. The van der Waals surface area contributed by atoms with Crippen molar-refractivity contribution in [2.24, 2.45) is 17.6 Å². The molecule has 264 valence electrons. The van der Waals surface area contributed by atoms with Crippen LogP contribution in [0.5, 0.6) is 0 Å². The molecule has 7 N–H and O–H groups in total. The Balaban J connectivity index is 0.00000486. The summed E-state index contributed by atoms with van der Waals surface area (Å²) in [5, 5.41) is 26.5. The lowest BCUT2D eigenvalue weighted by Gasteiger charge is -2.28. The number of aryl methyl sites for hydroxylation is 1. The molecule has 0 bridgehead atoms. The highest BCUT2D eigenvalue weighted by molar-refractivity contribution is 5.98. The zero-order chi connectivity index (χ0) is 34.2. The van der Waals surface area contributed by atoms with E-state index in [0.29, 0.717) is 36.0 Å². The Morgan fingerprint density at radius 2 is 1.60 bits per heavy atom. The predicted octanol–water partition coefficient (Wildman–Crippen LogP) is 4.18. The number of halogens is 1. The van der Waals surface area contributed by atoms with Crippen LogP contribution in [0.3, 0.4) is 0 Å². The minimum Gasteiger partial charge on any atom is -0.349 e. The largest absolute Gasteiger partial charge is 0.349 e. The Hall–Kier alpha value is -4.65. The van der Waals surface area contributed by atoms with Gasteiger partial charge in [-0.2, -0.15) is 5.21 Å². The van der Waals surface area contributed by atoms with Gasteiger partial charge in [-0.1, -0.05) is 30.3 Å². The first-order chi connectivity index (χ1) is 23.9. The van der Waals surface area contributed by atoms with Crippen LogP contribution in [0.25, 0.3) is 22.5 Å². The number of hydrogen-bond donors (Lipinski definition) is 6. The number of nitrogens with zero attached hydrogens (tertiary/aromatic N) is 3. The summed E-state index contributed by atoms with van der Waals surface area (Å²) in [5.41, 5.74) is 11.8. The molecule has 4 aromatic rings. The molecule has 0 unspecified atom stereocenters. The van der Waals surface area contributed by atoms with E-state index in [1.165, 1.54) is 0 Å². The summed E-state index contributed by atoms with van der Waals surface area (Å²) >= 11 is 0. The Morgan fingerprint density at radius 3 is 2.24 bits per heavy atom. The zero-order valence-electron chi connectivity index (χ0n) is 28.3. The molecule has 12 nitrogen and oxygen atoms in total. The standard InChI is InChI=1S/C37H45N9O3.ClH/c1-23-20-29(36(48)40-31-16-18-39-19-17-31)12-15-32(23)26-6-2-24(3-7-26)21-33(42-35(47)28-8-4-25(22-38)5-9-28)37(49)41-30-13-10-27(11-14-30)34-43-45-46-44-34;/h2-3,6-7,10-15,20,25,28,31,33,39H,4-5,8-9,16-19,21-22,38H2,1H3,(H,40,48)(H,41,49)(H,42,47)(H,43,44,45,46);1H/t25-,28-,33-;/m0./s1. The van der Waals surface area contributed by atoms with E-state index in [4.69, 9.17) is 5.73 Å². The average Bonchev–Trinajstić information content (AvgIpc) is 3.68. The van der Waals surface area contributed by atoms with Crippen molar-refractivity contribution in [3.63, 3.8) is 0 Å². The minimum absolute atomic E-state index is 0. The molecule has 1 saturated heterocycles. The van der Waals surface area contributed by atoms with E-state index in [1.807, 2.05) is 49.4 Å². The number of amides is 3. The second kappa shape index (κ2) is 17.3. The normalized spacial score (nSPS) is 18.4. The van der Waals surface area contributed by atoms with Crippen molar-refractivity contribution in [1.29, 1.82) is 0 Å². The minimum atomic E-state index is -0.776. The third kappa shape index (κ3) is 9.32. The van der Waals surface area contributed by atoms with Gasteiger partial charge in [0.1, 0.15) is 6.04 Å². The molecule has 0 radical (unpaired) electrons. The fraction of sp³-hybridized carbons (Fsp3) is 0.405. The maximum Gasteiger partial charge on any atom is 0.251 e. The molecule has 2 heterocycles. The molecule has 13 heteroatoms. The Bertz CT molecular complexity index is 1720. The number of rotatable bonds is 11. The first-order valence-corrected chi connectivity index (χ1v) is 17.2. The monoisotopic (exact) mass is 699 g/mol. The SMILES string of the molecule is Cc1cc(C(=O)NC2CCNCC2)ccc1-c1ccc(C[C@H](NC(=O)[C@H]2CC[C@H](CN)CC2)C(=O)Nc2ccc(-c3nn[nH]n3)cc2)cc1.Cl. The fourth-order valence-corrected chi connectivity index (χ4v) is 6.80. The van der Waals surface area contributed by atoms with Crippen molar-refractivity contribution < 1.29 is 14.4 Å². The van der Waals surface area contributed by atoms with Crippen molar-refractivity contribution >= 4 is 35.8 Å². The van der Waals surface area contributed by atoms with Gasteiger partial charge in [-0.3, -0.25) is 14.4 Å². The number of tetrazole rings is 1. The molecular weight excluding hydrogens is 654 g/mol. The van der Waals surface area contributed by atoms with Gasteiger partial charge in [0.05, 0.1) is 0 Å². The summed E-state index contributed by atoms with van der Waals surface area (Å²) in [6.45, 7) is 4.49. The second-order valence-corrected chi connectivity index (χ2v) is 13.2. The van der Waals surface area contributed by atoms with Gasteiger partial charge in [-0.15, -0.1) is 22.6 Å². The van der Waals surface area contributed by atoms with Gasteiger partial charge in [0.25, 0.3) is 5.91 Å². The predicted molar refractivity (Wildman–Crippen MR) is 196 cm³/mol. The molecule has 1 saturated carbocycles. The Morgan fingerprint density at radius 1 is 0.900 bits per heavy atom. The molecule has 1 aromatic heterocycles. The molecule has 0 spiro atoms. The van der Waals surface area contributed by atoms with E-state index in [9.17, 15) is 14.4 Å². The van der Waals surface area contributed by atoms with E-state index in [2.05, 4.69) is 41.9 Å². The number of aromatic nitrogens is 4. The van der Waals surface area contributed by atoms with Crippen LogP contribution >= 0.6 is 12.4 Å². The molecule has 1 atom stereocenters. The number of piperidine rings is 1. The van der Waals surface area contributed by atoms with E-state index in [1.54, 1.807) is 24.3 Å². The van der Waals surface area contributed by atoms with Gasteiger partial charge in [-0.25, -0.2) is 0 Å². The van der Waals surface area contributed by atoms with E-state index < -0.39 is 6.04 Å². The summed E-state index contributed by atoms with van der Waals surface area (Å²) in [5.74, 6) is 0.337. The van der Waals surface area contributed by atoms with Crippen molar-refractivity contribution in [2.45, 2.75) is 64.0 Å². The van der Waals surface area contributed by atoms with Crippen LogP contribution in [-0.2, 0) is 16.0 Å². The number of aromatic amines is 1. The van der Waals surface area contributed by atoms with Gasteiger partial charge < -0.3 is 27.0 Å². The Kier molecular flexibility index (Phi) is 12.7. The van der Waals surface area contributed by atoms with Crippen molar-refractivity contribution in [1.82, 2.24) is 36.6 Å². The molecule has 2 fully saturated rings. The van der Waals surface area contributed by atoms with Crippen molar-refractivity contribution in [3.8, 4) is 22.5 Å². The average molecular weight is 700 g/mol. The highest BCUT2D eigenvalue weighted by atomic mass is 35.5. The first kappa shape index (κ1) is 36.6. The third-order valence-electron chi connectivity index (χ3n) is 9.81. The summed E-state index contributed by atoms with van der Waals surface area (Å²) in [4.78, 5) is 40.0. The summed E-state index contributed by atoms with van der Waals surface area (Å²) in [6, 6.07) is 20.4. The first-order valence-electron chi connectivity index (χ1n) is 17.2. The molecule has 6 rings (SSSR count). The lowest BCUT2D eigenvalue weighted by Crippen LogP contribution is -2.48. The number of hydrogen-bond acceptors (Lipinski definition) is 8. The number of carbonyl (C=O) groups is 3. The maximum atomic E-state index is 13.7. The van der Waals surface area contributed by atoms with Gasteiger partial charge >= 0.3 is 0 Å². The number of nitrogens with one attached hydrogen (secondary N) is 5. The molecular formula is C37H46ClN9O3. The summed E-state index contributed by atoms with van der Waals surface area (Å²) in [7, 11) is 0. The highest BCUT2D eigenvalue weighted by Crippen LogP contribution is 2.29. The van der Waals surface area contributed by atoms with Crippen LogP contribution < -0.4 is 27.0 Å². The number of H-pyrrole nitrogens is 1. The van der Waals surface area contributed by atoms with Gasteiger partial charge in [-0.05, 0) is 135 Å². The quantitative estimate of drug-likeness (QED) is 0.135. The number of benzene rings is 3. The molecule has 1 aliphatic carbocycles. The number of anilines is 1. The van der Waals surface area contributed by atoms with Crippen LogP contribution in [0.2, 0.25) is 0 Å². The van der Waals surface area contributed by atoms with Crippen LogP contribution in [0.1, 0.15) is 60.0 Å². The second-order valence-electron chi connectivity index (χ2n) is 13.2. The van der Waals surface area contributed by atoms with Crippen molar-refractivity contribution in [2.75, 3.05) is 25.0 Å². The van der Waals surface area contributed by atoms with Gasteiger partial charge in [0.2, 0.25) is 17.6 Å². The summed E-state index contributed by atoms with van der Waals surface area (Å²) < 4.78 is 0. The lowest BCUT2D eigenvalue weighted by atomic mass is 9.81. The van der Waals surface area contributed by atoms with Crippen LogP contribution in [0.4, 0.5) is 5.69 Å². The van der Waals surface area contributed by atoms with E-state index in [0.717, 1.165) is 79.4 Å². The molecule has 3 amide bonds. The van der Waals surface area contributed by atoms with Gasteiger partial charge in [0, 0.05) is 35.2 Å². The zero-order valence-corrected chi connectivity index (χ0v) is 29.1. The van der Waals surface area contributed by atoms with E-state index >= 15 is 0 Å². The number of carbonyl (C=O) groups excluding carboxylic acids is 3. The topological polar surface area (TPSA) is 180 Å². The summed E-state index contributed by atoms with van der Waals surface area (Å²) in [6.07, 6.45) is 5.58. The molecule has 3 aromatic carbocycles. The van der Waals surface area contributed by atoms with Crippen LogP contribution in [0, 0.1) is 18.8 Å². The van der Waals surface area contributed by atoms with Gasteiger partial charge in [0.15, 0.2) is 0 Å². The maximum absolute atomic E-state index is 13.7. The Labute approximate surface area is 298 Å². The fourth-order valence-electron chi connectivity index (χ4n) is 6.80. The van der Waals surface area contributed by atoms with Crippen LogP contribution in [0.15, 0.2) is 66.7 Å². The van der Waals surface area contributed by atoms with Crippen LogP contribution in [-0.4, -0.2) is 70.1 Å². The lowest BCUT2D eigenvalue weighted by molar-refractivity contribution is -0.130. The molecule has 1 aliphatic heterocycles. The highest BCUT2D eigenvalue weighted by Gasteiger charge is 2.29. The van der Waals surface area contributed by atoms with E-state index in [-0.39, 0.29) is 42.1 Å².